The highest BCUT2D eigenvalue weighted by molar-refractivity contribution is 5.83. The first-order valence-corrected chi connectivity index (χ1v) is 4.33. The van der Waals surface area contributed by atoms with Gasteiger partial charge in [0.2, 0.25) is 0 Å². The molecule has 1 atom stereocenters. The highest BCUT2D eigenvalue weighted by Crippen LogP contribution is 2.13. The number of H-pyrrole nitrogens is 1. The van der Waals surface area contributed by atoms with Crippen LogP contribution in [-0.2, 0) is 9.59 Å². The van der Waals surface area contributed by atoms with Crippen molar-refractivity contribution in [3.05, 3.63) is 18.3 Å². The standard InChI is InChI=1S/C9H12N2O4/c1-11(7-3-2-4-10-7)6(9(14)15)5-8(12)13/h2-4,6,10H,5H2,1H3,(H,12,13)(H,14,15). The second-order valence-electron chi connectivity index (χ2n) is 3.12. The number of nitrogens with zero attached hydrogens (tertiary/aromatic N) is 1. The molecule has 15 heavy (non-hydrogen) atoms. The molecule has 1 rings (SSSR count). The summed E-state index contributed by atoms with van der Waals surface area (Å²) in [5.41, 5.74) is 0. The molecule has 82 valence electrons. The summed E-state index contributed by atoms with van der Waals surface area (Å²) in [7, 11) is 1.54. The van der Waals surface area contributed by atoms with Gasteiger partial charge in [-0.2, -0.15) is 0 Å². The summed E-state index contributed by atoms with van der Waals surface area (Å²) in [6, 6.07) is 2.32. The summed E-state index contributed by atoms with van der Waals surface area (Å²) >= 11 is 0. The molecule has 0 spiro atoms. The van der Waals surface area contributed by atoms with Crippen molar-refractivity contribution >= 4 is 17.8 Å². The fourth-order valence-electron chi connectivity index (χ4n) is 1.26. The molecule has 0 aliphatic carbocycles. The maximum atomic E-state index is 10.9. The summed E-state index contributed by atoms with van der Waals surface area (Å²) in [6.07, 6.45) is 1.20. The average Bonchev–Trinajstić information content (AvgIpc) is 2.65. The van der Waals surface area contributed by atoms with Gasteiger partial charge in [-0.25, -0.2) is 4.79 Å². The van der Waals surface area contributed by atoms with Crippen LogP contribution in [0.3, 0.4) is 0 Å². The minimum atomic E-state index is -1.16. The van der Waals surface area contributed by atoms with Crippen molar-refractivity contribution in [1.82, 2.24) is 4.98 Å². The lowest BCUT2D eigenvalue weighted by Crippen LogP contribution is -2.40. The number of nitrogens with one attached hydrogen (secondary N) is 1. The minimum absolute atomic E-state index is 0.440. The van der Waals surface area contributed by atoms with Crippen LogP contribution in [0.2, 0.25) is 0 Å². The zero-order valence-electron chi connectivity index (χ0n) is 8.17. The van der Waals surface area contributed by atoms with Crippen molar-refractivity contribution in [1.29, 1.82) is 0 Å². The number of rotatable bonds is 5. The van der Waals surface area contributed by atoms with Gasteiger partial charge in [-0.15, -0.1) is 0 Å². The van der Waals surface area contributed by atoms with Crippen molar-refractivity contribution < 1.29 is 19.8 Å². The number of carbonyl (C=O) groups is 2. The van der Waals surface area contributed by atoms with E-state index < -0.39 is 24.4 Å². The summed E-state index contributed by atoms with van der Waals surface area (Å²) in [6.45, 7) is 0. The van der Waals surface area contributed by atoms with Gasteiger partial charge < -0.3 is 20.1 Å². The normalized spacial score (nSPS) is 12.1. The molecule has 3 N–H and O–H groups in total. The van der Waals surface area contributed by atoms with Crippen molar-refractivity contribution in [2.24, 2.45) is 0 Å². The third-order valence-electron chi connectivity index (χ3n) is 2.08. The van der Waals surface area contributed by atoms with Gasteiger partial charge in [0.25, 0.3) is 0 Å². The van der Waals surface area contributed by atoms with E-state index >= 15 is 0 Å². The van der Waals surface area contributed by atoms with Gasteiger partial charge in [0.1, 0.15) is 11.9 Å². The Bertz CT molecular complexity index is 347. The molecule has 6 heteroatoms. The summed E-state index contributed by atoms with van der Waals surface area (Å²) in [5, 5.41) is 17.5. The molecule has 0 aliphatic heterocycles. The van der Waals surface area contributed by atoms with Gasteiger partial charge in [-0.1, -0.05) is 0 Å². The first kappa shape index (κ1) is 11.1. The topological polar surface area (TPSA) is 93.6 Å². The molecule has 0 amide bonds. The second-order valence-corrected chi connectivity index (χ2v) is 3.12. The van der Waals surface area contributed by atoms with Gasteiger partial charge in [0.05, 0.1) is 6.42 Å². The van der Waals surface area contributed by atoms with E-state index in [0.717, 1.165) is 0 Å². The number of carboxylic acid groups (broad SMARTS) is 2. The lowest BCUT2D eigenvalue weighted by molar-refractivity contribution is -0.145. The molecular weight excluding hydrogens is 200 g/mol. The fourth-order valence-corrected chi connectivity index (χ4v) is 1.26. The molecule has 0 aromatic carbocycles. The van der Waals surface area contributed by atoms with E-state index in [1.807, 2.05) is 0 Å². The SMILES string of the molecule is CN(c1ccc[nH]1)C(CC(=O)O)C(=O)O. The molecule has 1 heterocycles. The number of hydrogen-bond acceptors (Lipinski definition) is 3. The van der Waals surface area contributed by atoms with Crippen LogP contribution >= 0.6 is 0 Å². The van der Waals surface area contributed by atoms with E-state index in [-0.39, 0.29) is 0 Å². The first-order valence-electron chi connectivity index (χ1n) is 4.33. The van der Waals surface area contributed by atoms with Crippen molar-refractivity contribution in [2.45, 2.75) is 12.5 Å². The van der Waals surface area contributed by atoms with Crippen LogP contribution in [0.4, 0.5) is 5.82 Å². The number of likely N-dealkylation sites (N-methyl/N-ethyl adjacent to an activating group) is 1. The molecule has 6 nitrogen and oxygen atoms in total. The van der Waals surface area contributed by atoms with E-state index in [1.54, 1.807) is 18.3 Å². The largest absolute Gasteiger partial charge is 0.481 e. The molecule has 1 aromatic heterocycles. The van der Waals surface area contributed by atoms with Crippen LogP contribution in [0, 0.1) is 0 Å². The van der Waals surface area contributed by atoms with Crippen molar-refractivity contribution in [2.75, 3.05) is 11.9 Å². The molecule has 0 aliphatic rings. The molecular formula is C9H12N2O4. The molecule has 0 saturated carbocycles. The maximum absolute atomic E-state index is 10.9. The van der Waals surface area contributed by atoms with E-state index in [9.17, 15) is 9.59 Å². The number of anilines is 1. The third kappa shape index (κ3) is 2.73. The molecule has 1 unspecified atom stereocenters. The Morgan fingerprint density at radius 2 is 2.20 bits per heavy atom. The molecule has 0 radical (unpaired) electrons. The Morgan fingerprint density at radius 1 is 1.53 bits per heavy atom. The van der Waals surface area contributed by atoms with Gasteiger partial charge in [0, 0.05) is 13.2 Å². The zero-order valence-corrected chi connectivity index (χ0v) is 8.17. The van der Waals surface area contributed by atoms with E-state index in [4.69, 9.17) is 10.2 Å². The van der Waals surface area contributed by atoms with Crippen LogP contribution < -0.4 is 4.90 Å². The predicted molar refractivity (Wildman–Crippen MR) is 52.9 cm³/mol. The minimum Gasteiger partial charge on any atom is -0.481 e. The van der Waals surface area contributed by atoms with Gasteiger partial charge in [-0.3, -0.25) is 4.79 Å². The zero-order chi connectivity index (χ0) is 11.4. The number of aliphatic carboxylic acids is 2. The van der Waals surface area contributed by atoms with Crippen LogP contribution in [-0.4, -0.2) is 40.2 Å². The average molecular weight is 212 g/mol. The van der Waals surface area contributed by atoms with Crippen molar-refractivity contribution in [3.63, 3.8) is 0 Å². The predicted octanol–water partition coefficient (Wildman–Crippen LogP) is 0.379. The highest BCUT2D eigenvalue weighted by atomic mass is 16.4. The van der Waals surface area contributed by atoms with E-state index in [2.05, 4.69) is 4.98 Å². The number of hydrogen-bond donors (Lipinski definition) is 3. The monoisotopic (exact) mass is 212 g/mol. The highest BCUT2D eigenvalue weighted by Gasteiger charge is 2.26. The maximum Gasteiger partial charge on any atom is 0.326 e. The second kappa shape index (κ2) is 4.50. The lowest BCUT2D eigenvalue weighted by atomic mass is 10.2. The molecule has 0 fully saturated rings. The van der Waals surface area contributed by atoms with Gasteiger partial charge in [-0.05, 0) is 12.1 Å². The van der Waals surface area contributed by atoms with E-state index in [0.29, 0.717) is 5.82 Å². The van der Waals surface area contributed by atoms with Crippen LogP contribution in [0.1, 0.15) is 6.42 Å². The summed E-state index contributed by atoms with van der Waals surface area (Å²) in [5.74, 6) is -1.72. The van der Waals surface area contributed by atoms with Crippen LogP contribution in [0.25, 0.3) is 0 Å². The number of aromatic amines is 1. The molecule has 0 bridgehead atoms. The van der Waals surface area contributed by atoms with Crippen LogP contribution in [0.15, 0.2) is 18.3 Å². The first-order chi connectivity index (χ1) is 7.02. The Labute approximate surface area is 86.1 Å². The van der Waals surface area contributed by atoms with Crippen LogP contribution in [0.5, 0.6) is 0 Å². The fraction of sp³-hybridized carbons (Fsp3) is 0.333. The molecule has 1 aromatic rings. The number of aromatic nitrogens is 1. The third-order valence-corrected chi connectivity index (χ3v) is 2.08. The Hall–Kier alpha value is -1.98. The van der Waals surface area contributed by atoms with E-state index in [1.165, 1.54) is 11.9 Å². The Kier molecular flexibility index (Phi) is 3.33. The Balaban J connectivity index is 2.80. The number of carboxylic acids is 2. The molecule has 0 saturated heterocycles. The van der Waals surface area contributed by atoms with Crippen molar-refractivity contribution in [3.8, 4) is 0 Å². The van der Waals surface area contributed by atoms with Gasteiger partial charge in [0.15, 0.2) is 0 Å². The quantitative estimate of drug-likeness (QED) is 0.656. The Morgan fingerprint density at radius 3 is 2.60 bits per heavy atom. The smallest absolute Gasteiger partial charge is 0.326 e. The lowest BCUT2D eigenvalue weighted by Gasteiger charge is -2.23. The summed E-state index contributed by atoms with van der Waals surface area (Å²) < 4.78 is 0. The van der Waals surface area contributed by atoms with Gasteiger partial charge >= 0.3 is 11.9 Å². The summed E-state index contributed by atoms with van der Waals surface area (Å²) in [4.78, 5) is 25.5.